The van der Waals surface area contributed by atoms with Gasteiger partial charge in [-0.15, -0.1) is 0 Å². The molecule has 1 saturated carbocycles. The maximum Gasteiger partial charge on any atom is 0.273 e. The molecule has 0 atom stereocenters. The highest BCUT2D eigenvalue weighted by atomic mass is 16.6. The molecule has 108 valence electrons. The van der Waals surface area contributed by atoms with Crippen molar-refractivity contribution in [1.29, 1.82) is 0 Å². The first-order valence-corrected chi connectivity index (χ1v) is 7.16. The summed E-state index contributed by atoms with van der Waals surface area (Å²) in [5.41, 5.74) is 3.11. The lowest BCUT2D eigenvalue weighted by atomic mass is 9.98. The van der Waals surface area contributed by atoms with Crippen LogP contribution in [0.2, 0.25) is 0 Å². The van der Waals surface area contributed by atoms with Crippen molar-refractivity contribution in [2.24, 2.45) is 0 Å². The summed E-state index contributed by atoms with van der Waals surface area (Å²) in [6, 6.07) is 6.19. The van der Waals surface area contributed by atoms with E-state index in [0.717, 1.165) is 17.7 Å². The zero-order chi connectivity index (χ0) is 14.7. The lowest BCUT2D eigenvalue weighted by Crippen LogP contribution is -2.18. The number of nitrogens with one attached hydrogen (secondary N) is 1. The van der Waals surface area contributed by atoms with Gasteiger partial charge < -0.3 is 5.32 Å². The zero-order valence-electron chi connectivity index (χ0n) is 12.3. The van der Waals surface area contributed by atoms with Gasteiger partial charge in [0.15, 0.2) is 0 Å². The van der Waals surface area contributed by atoms with E-state index in [0.29, 0.717) is 6.04 Å². The van der Waals surface area contributed by atoms with Crippen molar-refractivity contribution >= 4 is 11.8 Å². The topological polar surface area (TPSA) is 55.2 Å². The minimum atomic E-state index is -0.287. The molecule has 1 aromatic carbocycles. The van der Waals surface area contributed by atoms with E-state index < -0.39 is 0 Å². The molecule has 20 heavy (non-hydrogen) atoms. The molecule has 1 aromatic rings. The van der Waals surface area contributed by atoms with Gasteiger partial charge in [-0.1, -0.05) is 37.6 Å². The number of nitro groups is 1. The van der Waals surface area contributed by atoms with Crippen LogP contribution in [0.1, 0.15) is 50.7 Å². The number of benzene rings is 1. The molecule has 2 rings (SSSR count). The van der Waals surface area contributed by atoms with Crippen LogP contribution < -0.4 is 5.32 Å². The van der Waals surface area contributed by atoms with Crippen LogP contribution in [-0.4, -0.2) is 17.5 Å². The van der Waals surface area contributed by atoms with Crippen molar-refractivity contribution in [2.75, 3.05) is 6.54 Å². The van der Waals surface area contributed by atoms with Gasteiger partial charge in [-0.25, -0.2) is 0 Å². The van der Waals surface area contributed by atoms with E-state index >= 15 is 0 Å². The smallest absolute Gasteiger partial charge is 0.273 e. The molecular weight excluding hydrogens is 252 g/mol. The first-order valence-electron chi connectivity index (χ1n) is 7.16. The summed E-state index contributed by atoms with van der Waals surface area (Å²) in [7, 11) is 0. The largest absolute Gasteiger partial charge is 0.310 e. The van der Waals surface area contributed by atoms with Crippen LogP contribution in [-0.2, 0) is 0 Å². The lowest BCUT2D eigenvalue weighted by molar-refractivity contribution is -0.385. The van der Waals surface area contributed by atoms with Gasteiger partial charge in [-0.3, -0.25) is 10.1 Å². The van der Waals surface area contributed by atoms with Crippen molar-refractivity contribution in [1.82, 2.24) is 5.32 Å². The van der Waals surface area contributed by atoms with Gasteiger partial charge in [0.2, 0.25) is 0 Å². The molecule has 0 heterocycles. The van der Waals surface area contributed by atoms with E-state index in [1.54, 1.807) is 6.07 Å². The Balaban J connectivity index is 2.16. The highest BCUT2D eigenvalue weighted by Crippen LogP contribution is 2.28. The monoisotopic (exact) mass is 274 g/mol. The Kier molecular flexibility index (Phi) is 4.55. The fourth-order valence-electron chi connectivity index (χ4n) is 2.23. The minimum Gasteiger partial charge on any atom is -0.310 e. The third-order valence-corrected chi connectivity index (χ3v) is 3.53. The lowest BCUT2D eigenvalue weighted by Gasteiger charge is -2.08. The Hall–Kier alpha value is -1.68. The van der Waals surface area contributed by atoms with Crippen molar-refractivity contribution in [3.05, 3.63) is 45.0 Å². The molecule has 4 heteroatoms. The summed E-state index contributed by atoms with van der Waals surface area (Å²) in [6.45, 7) is 6.85. The maximum atomic E-state index is 11.2. The molecule has 1 aliphatic carbocycles. The van der Waals surface area contributed by atoms with Crippen LogP contribution in [0.15, 0.2) is 23.8 Å². The maximum absolute atomic E-state index is 11.2. The van der Waals surface area contributed by atoms with Crippen LogP contribution >= 0.6 is 0 Å². The zero-order valence-corrected chi connectivity index (χ0v) is 12.3. The van der Waals surface area contributed by atoms with E-state index in [2.05, 4.69) is 12.2 Å². The Morgan fingerprint density at radius 3 is 2.75 bits per heavy atom. The first-order chi connectivity index (χ1) is 9.47. The molecule has 0 aliphatic heterocycles. The van der Waals surface area contributed by atoms with Crippen molar-refractivity contribution in [2.45, 2.75) is 45.6 Å². The Morgan fingerprint density at radius 2 is 2.20 bits per heavy atom. The van der Waals surface area contributed by atoms with Crippen molar-refractivity contribution < 1.29 is 4.92 Å². The fraction of sp³-hybridized carbons (Fsp3) is 0.500. The number of hydrogen-bond acceptors (Lipinski definition) is 3. The molecule has 1 aliphatic rings. The number of nitro benzene ring substituents is 1. The molecule has 0 aromatic heterocycles. The van der Waals surface area contributed by atoms with Crippen molar-refractivity contribution in [3.63, 3.8) is 0 Å². The highest BCUT2D eigenvalue weighted by molar-refractivity contribution is 5.59. The summed E-state index contributed by atoms with van der Waals surface area (Å²) in [6.07, 6.45) is 4.55. The molecule has 0 saturated heterocycles. The summed E-state index contributed by atoms with van der Waals surface area (Å²) >= 11 is 0. The Bertz CT molecular complexity index is 531. The second kappa shape index (κ2) is 6.18. The third kappa shape index (κ3) is 3.90. The predicted molar refractivity (Wildman–Crippen MR) is 81.9 cm³/mol. The molecule has 0 unspecified atom stereocenters. The quantitative estimate of drug-likeness (QED) is 0.632. The molecule has 0 amide bonds. The van der Waals surface area contributed by atoms with Crippen LogP contribution in [0.4, 0.5) is 5.69 Å². The van der Waals surface area contributed by atoms with Gasteiger partial charge in [0.1, 0.15) is 0 Å². The second-order valence-corrected chi connectivity index (χ2v) is 5.88. The number of hydrogen-bond donors (Lipinski definition) is 1. The van der Waals surface area contributed by atoms with E-state index in [1.807, 2.05) is 32.1 Å². The van der Waals surface area contributed by atoms with Gasteiger partial charge in [-0.05, 0) is 31.2 Å². The fourth-order valence-corrected chi connectivity index (χ4v) is 2.23. The van der Waals surface area contributed by atoms with Gasteiger partial charge in [0.05, 0.1) is 4.92 Å². The molecule has 1 N–H and O–H groups in total. The Labute approximate surface area is 120 Å². The van der Waals surface area contributed by atoms with Crippen molar-refractivity contribution in [3.8, 4) is 0 Å². The third-order valence-electron chi connectivity index (χ3n) is 3.53. The highest BCUT2D eigenvalue weighted by Gasteiger charge is 2.20. The summed E-state index contributed by atoms with van der Waals surface area (Å²) in [4.78, 5) is 10.9. The SMILES string of the molecule is CC(=Cc1ccc(C(C)C)c([N+](=O)[O-])c1)CNC1CC1. The second-order valence-electron chi connectivity index (χ2n) is 5.88. The summed E-state index contributed by atoms with van der Waals surface area (Å²) < 4.78 is 0. The van der Waals surface area contributed by atoms with Gasteiger partial charge in [0.25, 0.3) is 5.69 Å². The standard InChI is InChI=1S/C16H22N2O2/c1-11(2)15-7-4-13(9-16(15)18(19)20)8-12(3)10-17-14-5-6-14/h4,7-9,11,14,17H,5-6,10H2,1-3H3. The average molecular weight is 274 g/mol. The van der Waals surface area contributed by atoms with Crippen LogP contribution in [0.5, 0.6) is 0 Å². The van der Waals surface area contributed by atoms with E-state index in [-0.39, 0.29) is 16.5 Å². The number of rotatable bonds is 6. The molecular formula is C16H22N2O2. The average Bonchev–Trinajstić information content (AvgIpc) is 3.20. The molecule has 4 nitrogen and oxygen atoms in total. The minimum absolute atomic E-state index is 0.158. The molecule has 0 radical (unpaired) electrons. The Morgan fingerprint density at radius 1 is 1.50 bits per heavy atom. The summed E-state index contributed by atoms with van der Waals surface area (Å²) in [5.74, 6) is 0.158. The van der Waals surface area contributed by atoms with E-state index in [1.165, 1.54) is 18.4 Å². The normalized spacial score (nSPS) is 15.7. The van der Waals surface area contributed by atoms with Crippen LogP contribution in [0.25, 0.3) is 6.08 Å². The van der Waals surface area contributed by atoms with Gasteiger partial charge in [0, 0.05) is 24.2 Å². The number of nitrogens with zero attached hydrogens (tertiary/aromatic N) is 1. The molecule has 0 spiro atoms. The molecule has 0 bridgehead atoms. The predicted octanol–water partition coefficient (Wildman–Crippen LogP) is 3.87. The van der Waals surface area contributed by atoms with E-state index in [9.17, 15) is 10.1 Å². The van der Waals surface area contributed by atoms with Crippen LogP contribution in [0.3, 0.4) is 0 Å². The van der Waals surface area contributed by atoms with E-state index in [4.69, 9.17) is 0 Å². The summed E-state index contributed by atoms with van der Waals surface area (Å²) in [5, 5.41) is 14.6. The first kappa shape index (κ1) is 14.7. The molecule has 1 fully saturated rings. The van der Waals surface area contributed by atoms with Crippen LogP contribution in [0, 0.1) is 10.1 Å². The van der Waals surface area contributed by atoms with Gasteiger partial charge in [-0.2, -0.15) is 0 Å². The van der Waals surface area contributed by atoms with Gasteiger partial charge >= 0.3 is 0 Å².